The van der Waals surface area contributed by atoms with Crippen molar-refractivity contribution in [3.05, 3.63) is 42.7 Å². The Hall–Kier alpha value is -2.34. The van der Waals surface area contributed by atoms with Crippen molar-refractivity contribution in [1.29, 1.82) is 0 Å². The predicted molar refractivity (Wildman–Crippen MR) is 100 cm³/mol. The smallest absolute Gasteiger partial charge is 0.230 e. The van der Waals surface area contributed by atoms with Crippen LogP contribution in [0.3, 0.4) is 0 Å². The maximum atomic E-state index is 12.2. The summed E-state index contributed by atoms with van der Waals surface area (Å²) in [6.45, 7) is 6.19. The zero-order valence-corrected chi connectivity index (χ0v) is 15.3. The SMILES string of the molecule is CC(C)[C@@H](C)NC(=O)CSc1nc(-c2ccco2)nc2ccccc12. The molecule has 0 radical (unpaired) electrons. The number of amides is 1. The molecule has 1 aromatic carbocycles. The molecule has 0 spiro atoms. The molecule has 3 aromatic rings. The first-order valence-electron chi connectivity index (χ1n) is 8.27. The number of carbonyl (C=O) groups excluding carboxylic acids is 1. The fourth-order valence-corrected chi connectivity index (χ4v) is 3.10. The van der Waals surface area contributed by atoms with Crippen LogP contribution in [0.2, 0.25) is 0 Å². The van der Waals surface area contributed by atoms with Crippen LogP contribution in [-0.4, -0.2) is 27.7 Å². The zero-order chi connectivity index (χ0) is 17.8. The van der Waals surface area contributed by atoms with Crippen LogP contribution in [0.25, 0.3) is 22.5 Å². The van der Waals surface area contributed by atoms with Crippen molar-refractivity contribution in [1.82, 2.24) is 15.3 Å². The van der Waals surface area contributed by atoms with E-state index in [9.17, 15) is 4.79 Å². The van der Waals surface area contributed by atoms with Gasteiger partial charge in [-0.05, 0) is 31.0 Å². The second kappa shape index (κ2) is 7.70. The minimum Gasteiger partial charge on any atom is -0.461 e. The lowest BCUT2D eigenvalue weighted by Crippen LogP contribution is -2.37. The van der Waals surface area contributed by atoms with Crippen molar-refractivity contribution < 1.29 is 9.21 Å². The molecule has 1 amide bonds. The van der Waals surface area contributed by atoms with Crippen molar-refractivity contribution in [3.8, 4) is 11.6 Å². The Kier molecular flexibility index (Phi) is 5.38. The van der Waals surface area contributed by atoms with Gasteiger partial charge >= 0.3 is 0 Å². The highest BCUT2D eigenvalue weighted by Crippen LogP contribution is 2.28. The van der Waals surface area contributed by atoms with Crippen LogP contribution in [0, 0.1) is 5.92 Å². The summed E-state index contributed by atoms with van der Waals surface area (Å²) in [5, 5.41) is 4.74. The van der Waals surface area contributed by atoms with E-state index in [2.05, 4.69) is 29.1 Å². The maximum absolute atomic E-state index is 12.2. The molecule has 0 saturated heterocycles. The highest BCUT2D eigenvalue weighted by molar-refractivity contribution is 8.00. The number of nitrogens with one attached hydrogen (secondary N) is 1. The van der Waals surface area contributed by atoms with E-state index in [1.165, 1.54) is 11.8 Å². The van der Waals surface area contributed by atoms with Gasteiger partial charge in [-0.25, -0.2) is 9.97 Å². The molecule has 130 valence electrons. The molecule has 0 unspecified atom stereocenters. The van der Waals surface area contributed by atoms with Crippen LogP contribution >= 0.6 is 11.8 Å². The number of para-hydroxylation sites is 1. The van der Waals surface area contributed by atoms with E-state index in [0.717, 1.165) is 15.9 Å². The highest BCUT2D eigenvalue weighted by atomic mass is 32.2. The van der Waals surface area contributed by atoms with Gasteiger partial charge in [0.1, 0.15) is 5.03 Å². The first-order chi connectivity index (χ1) is 12.0. The summed E-state index contributed by atoms with van der Waals surface area (Å²) < 4.78 is 5.41. The fraction of sp³-hybridized carbons (Fsp3) is 0.316. The Morgan fingerprint density at radius 2 is 1.96 bits per heavy atom. The largest absolute Gasteiger partial charge is 0.461 e. The molecule has 5 nitrogen and oxygen atoms in total. The lowest BCUT2D eigenvalue weighted by molar-refractivity contribution is -0.119. The van der Waals surface area contributed by atoms with Gasteiger partial charge in [0.2, 0.25) is 5.91 Å². The van der Waals surface area contributed by atoms with Gasteiger partial charge in [0.05, 0.1) is 17.5 Å². The van der Waals surface area contributed by atoms with E-state index in [1.807, 2.05) is 37.3 Å². The lowest BCUT2D eigenvalue weighted by atomic mass is 10.1. The molecule has 1 N–H and O–H groups in total. The standard InChI is InChI=1S/C19H21N3O2S/c1-12(2)13(3)20-17(23)11-25-19-14-7-4-5-8-15(14)21-18(22-19)16-9-6-10-24-16/h4-10,12-13H,11H2,1-3H3,(H,20,23)/t13-/m1/s1. The summed E-state index contributed by atoms with van der Waals surface area (Å²) in [5.41, 5.74) is 0.836. The second-order valence-electron chi connectivity index (χ2n) is 6.24. The van der Waals surface area contributed by atoms with Gasteiger partial charge in [0.25, 0.3) is 0 Å². The number of furan rings is 1. The minimum absolute atomic E-state index is 0.00782. The number of fused-ring (bicyclic) bond motifs is 1. The molecule has 0 fully saturated rings. The van der Waals surface area contributed by atoms with Gasteiger partial charge in [-0.15, -0.1) is 0 Å². The number of benzene rings is 1. The Labute approximate surface area is 151 Å². The molecule has 2 aromatic heterocycles. The van der Waals surface area contributed by atoms with Crippen LogP contribution in [0.4, 0.5) is 0 Å². The topological polar surface area (TPSA) is 68.0 Å². The van der Waals surface area contributed by atoms with Crippen molar-refractivity contribution in [2.75, 3.05) is 5.75 Å². The third-order valence-electron chi connectivity index (χ3n) is 4.04. The van der Waals surface area contributed by atoms with Crippen molar-refractivity contribution in [2.24, 2.45) is 5.92 Å². The molecule has 3 rings (SSSR count). The van der Waals surface area contributed by atoms with E-state index in [-0.39, 0.29) is 11.9 Å². The van der Waals surface area contributed by atoms with Crippen molar-refractivity contribution in [2.45, 2.75) is 31.8 Å². The number of rotatable bonds is 6. The van der Waals surface area contributed by atoms with E-state index >= 15 is 0 Å². The number of hydrogen-bond acceptors (Lipinski definition) is 5. The van der Waals surface area contributed by atoms with Gasteiger partial charge in [0.15, 0.2) is 11.6 Å². The Balaban J connectivity index is 1.84. The van der Waals surface area contributed by atoms with Crippen LogP contribution in [0.5, 0.6) is 0 Å². The molecule has 2 heterocycles. The van der Waals surface area contributed by atoms with Crippen molar-refractivity contribution >= 4 is 28.6 Å². The number of nitrogens with zero attached hydrogens (tertiary/aromatic N) is 2. The molecule has 6 heteroatoms. The summed E-state index contributed by atoms with van der Waals surface area (Å²) >= 11 is 1.42. The van der Waals surface area contributed by atoms with Crippen molar-refractivity contribution in [3.63, 3.8) is 0 Å². The van der Waals surface area contributed by atoms with Gasteiger partial charge in [-0.3, -0.25) is 4.79 Å². The molecule has 0 saturated carbocycles. The van der Waals surface area contributed by atoms with Crippen LogP contribution in [0.15, 0.2) is 52.1 Å². The minimum atomic E-state index is 0.00782. The second-order valence-corrected chi connectivity index (χ2v) is 7.20. The van der Waals surface area contributed by atoms with Crippen LogP contribution in [-0.2, 0) is 4.79 Å². The first kappa shape index (κ1) is 17.5. The van der Waals surface area contributed by atoms with E-state index in [0.29, 0.717) is 23.3 Å². The van der Waals surface area contributed by atoms with Crippen LogP contribution in [0.1, 0.15) is 20.8 Å². The van der Waals surface area contributed by atoms with Gasteiger partial charge in [-0.2, -0.15) is 0 Å². The highest BCUT2D eigenvalue weighted by Gasteiger charge is 2.15. The average molecular weight is 355 g/mol. The van der Waals surface area contributed by atoms with E-state index in [1.54, 1.807) is 12.3 Å². The molecule has 0 aliphatic rings. The summed E-state index contributed by atoms with van der Waals surface area (Å²) in [4.78, 5) is 21.4. The number of thioether (sulfide) groups is 1. The summed E-state index contributed by atoms with van der Waals surface area (Å²) in [7, 11) is 0. The average Bonchev–Trinajstić information content (AvgIpc) is 3.14. The molecule has 0 aliphatic heterocycles. The third kappa shape index (κ3) is 4.20. The fourth-order valence-electron chi connectivity index (χ4n) is 2.27. The summed E-state index contributed by atoms with van der Waals surface area (Å²) in [5.74, 6) is 1.87. The lowest BCUT2D eigenvalue weighted by Gasteiger charge is -2.17. The number of aromatic nitrogens is 2. The van der Waals surface area contributed by atoms with Gasteiger partial charge in [-0.1, -0.05) is 43.8 Å². The Morgan fingerprint density at radius 1 is 1.16 bits per heavy atom. The Bertz CT molecular complexity index is 862. The van der Waals surface area contributed by atoms with E-state index in [4.69, 9.17) is 4.42 Å². The monoisotopic (exact) mass is 355 g/mol. The molecule has 0 bridgehead atoms. The zero-order valence-electron chi connectivity index (χ0n) is 14.5. The van der Waals surface area contributed by atoms with Gasteiger partial charge in [0, 0.05) is 11.4 Å². The van der Waals surface area contributed by atoms with E-state index < -0.39 is 0 Å². The predicted octanol–water partition coefficient (Wildman–Crippen LogP) is 4.14. The summed E-state index contributed by atoms with van der Waals surface area (Å²) in [6, 6.07) is 11.6. The Morgan fingerprint density at radius 3 is 2.68 bits per heavy atom. The molecular weight excluding hydrogens is 334 g/mol. The van der Waals surface area contributed by atoms with Crippen LogP contribution < -0.4 is 5.32 Å². The normalized spacial score (nSPS) is 12.5. The van der Waals surface area contributed by atoms with Gasteiger partial charge < -0.3 is 9.73 Å². The third-order valence-corrected chi connectivity index (χ3v) is 5.03. The molecule has 25 heavy (non-hydrogen) atoms. The first-order valence-corrected chi connectivity index (χ1v) is 9.26. The summed E-state index contributed by atoms with van der Waals surface area (Å²) in [6.07, 6.45) is 1.60. The number of carbonyl (C=O) groups is 1. The molecule has 1 atom stereocenters. The maximum Gasteiger partial charge on any atom is 0.230 e. The molecular formula is C19H21N3O2S. The molecule has 0 aliphatic carbocycles. The number of hydrogen-bond donors (Lipinski definition) is 1. The quantitative estimate of drug-likeness (QED) is 0.531.